The van der Waals surface area contributed by atoms with Crippen molar-refractivity contribution in [1.29, 1.82) is 0 Å². The molecule has 1 saturated heterocycles. The minimum Gasteiger partial charge on any atom is -0.444 e. The van der Waals surface area contributed by atoms with Crippen LogP contribution in [0.3, 0.4) is 0 Å². The van der Waals surface area contributed by atoms with Crippen molar-refractivity contribution in [1.82, 2.24) is 10.2 Å². The minimum absolute atomic E-state index is 0.270. The molecule has 1 aliphatic rings. The summed E-state index contributed by atoms with van der Waals surface area (Å²) >= 11 is 0. The van der Waals surface area contributed by atoms with Crippen LogP contribution in [0, 0.1) is 5.92 Å². The molecule has 0 aromatic heterocycles. The smallest absolute Gasteiger partial charge is 0.410 e. The topological polar surface area (TPSA) is 84.7 Å². The van der Waals surface area contributed by atoms with Gasteiger partial charge in [0.2, 0.25) is 5.91 Å². The minimum atomic E-state index is -0.516. The Kier molecular flexibility index (Phi) is 6.42. The summed E-state index contributed by atoms with van der Waals surface area (Å²) in [6.45, 7) is 7.56. The molecule has 0 saturated carbocycles. The van der Waals surface area contributed by atoms with Gasteiger partial charge < -0.3 is 20.7 Å². The molecule has 1 aromatic carbocycles. The Bertz CT molecular complexity index is 583. The molecule has 2 atom stereocenters. The van der Waals surface area contributed by atoms with E-state index in [0.29, 0.717) is 19.6 Å². The Morgan fingerprint density at radius 2 is 2.00 bits per heavy atom. The number of piperidine rings is 1. The number of likely N-dealkylation sites (tertiary alicyclic amines) is 1. The number of nitrogens with one attached hydrogen (secondary N) is 1. The number of hydrogen-bond donors (Lipinski definition) is 2. The predicted molar refractivity (Wildman–Crippen MR) is 96.9 cm³/mol. The highest BCUT2D eigenvalue weighted by molar-refractivity contribution is 5.81. The van der Waals surface area contributed by atoms with Crippen LogP contribution in [0.4, 0.5) is 4.79 Å². The van der Waals surface area contributed by atoms with Gasteiger partial charge in [-0.1, -0.05) is 30.3 Å². The maximum atomic E-state index is 12.2. The van der Waals surface area contributed by atoms with E-state index < -0.39 is 17.6 Å². The third kappa shape index (κ3) is 6.05. The standard InChI is InChI=1S/C19H29N3O3/c1-19(2,3)25-18(24)22-11-7-8-14(13-22)12-21-16(17(20)23)15-9-5-4-6-10-15/h4-6,9-10,14,16,21H,7-8,11-13H2,1-3H3,(H2,20,23)/t14-,16-/m0/s1. The molecule has 0 bridgehead atoms. The fourth-order valence-corrected chi connectivity index (χ4v) is 3.04. The first-order chi connectivity index (χ1) is 11.8. The second-order valence-corrected chi connectivity index (χ2v) is 7.59. The fraction of sp³-hybridized carbons (Fsp3) is 0.579. The molecule has 2 rings (SSSR count). The number of carbonyl (C=O) groups excluding carboxylic acids is 2. The average molecular weight is 347 g/mol. The Hall–Kier alpha value is -2.08. The molecule has 25 heavy (non-hydrogen) atoms. The van der Waals surface area contributed by atoms with Crippen molar-refractivity contribution in [2.75, 3.05) is 19.6 Å². The van der Waals surface area contributed by atoms with Gasteiger partial charge in [0, 0.05) is 19.6 Å². The monoisotopic (exact) mass is 347 g/mol. The Labute approximate surface area is 149 Å². The lowest BCUT2D eigenvalue weighted by Gasteiger charge is -2.34. The molecule has 6 nitrogen and oxygen atoms in total. The van der Waals surface area contributed by atoms with E-state index in [1.807, 2.05) is 51.1 Å². The first-order valence-corrected chi connectivity index (χ1v) is 8.82. The van der Waals surface area contributed by atoms with Gasteiger partial charge in [-0.05, 0) is 45.1 Å². The highest BCUT2D eigenvalue weighted by Crippen LogP contribution is 2.20. The molecule has 0 unspecified atom stereocenters. The van der Waals surface area contributed by atoms with Crippen molar-refractivity contribution in [3.8, 4) is 0 Å². The number of nitrogens with zero attached hydrogens (tertiary/aromatic N) is 1. The largest absolute Gasteiger partial charge is 0.444 e. The maximum Gasteiger partial charge on any atom is 0.410 e. The number of ether oxygens (including phenoxy) is 1. The summed E-state index contributed by atoms with van der Waals surface area (Å²) in [6, 6.07) is 8.93. The molecular weight excluding hydrogens is 318 g/mol. The number of nitrogens with two attached hydrogens (primary N) is 1. The summed E-state index contributed by atoms with van der Waals surface area (Å²) in [7, 11) is 0. The van der Waals surface area contributed by atoms with Gasteiger partial charge in [-0.3, -0.25) is 4.79 Å². The van der Waals surface area contributed by atoms with E-state index in [9.17, 15) is 9.59 Å². The quantitative estimate of drug-likeness (QED) is 0.857. The zero-order valence-corrected chi connectivity index (χ0v) is 15.3. The van der Waals surface area contributed by atoms with Crippen LogP contribution < -0.4 is 11.1 Å². The molecule has 0 radical (unpaired) electrons. The SMILES string of the molecule is CC(C)(C)OC(=O)N1CCC[C@@H](CN[C@H](C(N)=O)c2ccccc2)C1. The van der Waals surface area contributed by atoms with Crippen molar-refractivity contribution < 1.29 is 14.3 Å². The molecule has 6 heteroatoms. The molecular formula is C19H29N3O3. The summed E-state index contributed by atoms with van der Waals surface area (Å²) in [6.07, 6.45) is 1.66. The molecule has 138 valence electrons. The van der Waals surface area contributed by atoms with Crippen LogP contribution in [0.1, 0.15) is 45.2 Å². The number of rotatable bonds is 5. The normalized spacial score (nSPS) is 19.3. The van der Waals surface area contributed by atoms with Gasteiger partial charge in [0.1, 0.15) is 11.6 Å². The molecule has 0 spiro atoms. The molecule has 3 N–H and O–H groups in total. The van der Waals surface area contributed by atoms with E-state index in [-0.39, 0.29) is 12.0 Å². The lowest BCUT2D eigenvalue weighted by atomic mass is 9.97. The third-order valence-corrected chi connectivity index (χ3v) is 4.20. The second kappa shape index (κ2) is 8.34. The zero-order valence-electron chi connectivity index (χ0n) is 15.3. The summed E-state index contributed by atoms with van der Waals surface area (Å²) in [5, 5.41) is 3.26. The Morgan fingerprint density at radius 1 is 1.32 bits per heavy atom. The maximum absolute atomic E-state index is 12.2. The first-order valence-electron chi connectivity index (χ1n) is 8.82. The van der Waals surface area contributed by atoms with Crippen molar-refractivity contribution >= 4 is 12.0 Å². The van der Waals surface area contributed by atoms with Crippen molar-refractivity contribution in [2.45, 2.75) is 45.3 Å². The van der Waals surface area contributed by atoms with Crippen molar-refractivity contribution in [2.24, 2.45) is 11.7 Å². The summed E-state index contributed by atoms with van der Waals surface area (Å²) in [4.78, 5) is 25.8. The Morgan fingerprint density at radius 3 is 2.60 bits per heavy atom. The molecule has 1 heterocycles. The average Bonchev–Trinajstić information content (AvgIpc) is 2.54. The first kappa shape index (κ1) is 19.2. The molecule has 2 amide bonds. The van der Waals surface area contributed by atoms with E-state index in [4.69, 9.17) is 10.5 Å². The number of primary amides is 1. The van der Waals surface area contributed by atoms with Gasteiger partial charge in [0.15, 0.2) is 0 Å². The number of carbonyl (C=O) groups is 2. The van der Waals surface area contributed by atoms with Crippen LogP contribution in [0.5, 0.6) is 0 Å². The van der Waals surface area contributed by atoms with Gasteiger partial charge in [-0.25, -0.2) is 4.79 Å². The summed E-state index contributed by atoms with van der Waals surface area (Å²) < 4.78 is 5.45. The van der Waals surface area contributed by atoms with Crippen LogP contribution in [-0.4, -0.2) is 42.1 Å². The van der Waals surface area contributed by atoms with Crippen LogP contribution in [0.15, 0.2) is 30.3 Å². The van der Waals surface area contributed by atoms with Gasteiger partial charge in [-0.15, -0.1) is 0 Å². The van der Waals surface area contributed by atoms with Crippen LogP contribution in [-0.2, 0) is 9.53 Å². The number of amides is 2. The van der Waals surface area contributed by atoms with E-state index in [1.165, 1.54) is 0 Å². The van der Waals surface area contributed by atoms with E-state index in [2.05, 4.69) is 5.32 Å². The van der Waals surface area contributed by atoms with E-state index in [0.717, 1.165) is 18.4 Å². The van der Waals surface area contributed by atoms with Gasteiger partial charge in [0.25, 0.3) is 0 Å². The van der Waals surface area contributed by atoms with Crippen LogP contribution >= 0.6 is 0 Å². The van der Waals surface area contributed by atoms with E-state index in [1.54, 1.807) is 4.90 Å². The molecule has 1 fully saturated rings. The summed E-state index contributed by atoms with van der Waals surface area (Å²) in [5.74, 6) is -0.127. The number of benzene rings is 1. The highest BCUT2D eigenvalue weighted by atomic mass is 16.6. The number of hydrogen-bond acceptors (Lipinski definition) is 4. The lowest BCUT2D eigenvalue weighted by Crippen LogP contribution is -2.46. The fourth-order valence-electron chi connectivity index (χ4n) is 3.04. The van der Waals surface area contributed by atoms with E-state index >= 15 is 0 Å². The van der Waals surface area contributed by atoms with Crippen LogP contribution in [0.2, 0.25) is 0 Å². The van der Waals surface area contributed by atoms with Gasteiger partial charge in [-0.2, -0.15) is 0 Å². The predicted octanol–water partition coefficient (Wildman–Crippen LogP) is 2.45. The van der Waals surface area contributed by atoms with Crippen LogP contribution in [0.25, 0.3) is 0 Å². The third-order valence-electron chi connectivity index (χ3n) is 4.20. The highest BCUT2D eigenvalue weighted by Gasteiger charge is 2.28. The molecule has 0 aliphatic carbocycles. The second-order valence-electron chi connectivity index (χ2n) is 7.59. The van der Waals surface area contributed by atoms with Crippen molar-refractivity contribution in [3.63, 3.8) is 0 Å². The Balaban J connectivity index is 1.91. The molecule has 1 aromatic rings. The molecule has 1 aliphatic heterocycles. The van der Waals surface area contributed by atoms with Gasteiger partial charge >= 0.3 is 6.09 Å². The van der Waals surface area contributed by atoms with Gasteiger partial charge in [0.05, 0.1) is 0 Å². The van der Waals surface area contributed by atoms with Crippen molar-refractivity contribution in [3.05, 3.63) is 35.9 Å². The lowest BCUT2D eigenvalue weighted by molar-refractivity contribution is -0.120. The zero-order chi connectivity index (χ0) is 18.4. The summed E-state index contributed by atoms with van der Waals surface area (Å²) in [5.41, 5.74) is 5.91.